The summed E-state index contributed by atoms with van der Waals surface area (Å²) in [6.07, 6.45) is 0.693. The SMILES string of the molecule is O=C(O)n1c(-c2ccns2)cc2ccccc21. The first-order chi connectivity index (χ1) is 8.27. The molecule has 2 aromatic heterocycles. The Labute approximate surface area is 101 Å². The van der Waals surface area contributed by atoms with Crippen molar-refractivity contribution in [2.24, 2.45) is 0 Å². The van der Waals surface area contributed by atoms with E-state index >= 15 is 0 Å². The average molecular weight is 244 g/mol. The fourth-order valence-electron chi connectivity index (χ4n) is 1.89. The highest BCUT2D eigenvalue weighted by Crippen LogP contribution is 2.29. The van der Waals surface area contributed by atoms with Gasteiger partial charge in [-0.3, -0.25) is 0 Å². The van der Waals surface area contributed by atoms with Crippen LogP contribution in [0.2, 0.25) is 0 Å². The number of hydrogen-bond acceptors (Lipinski definition) is 3. The van der Waals surface area contributed by atoms with Gasteiger partial charge in [-0.05, 0) is 29.7 Å². The normalized spacial score (nSPS) is 10.8. The van der Waals surface area contributed by atoms with E-state index in [0.717, 1.165) is 10.3 Å². The molecule has 5 heteroatoms. The molecule has 17 heavy (non-hydrogen) atoms. The van der Waals surface area contributed by atoms with Crippen LogP contribution in [0.5, 0.6) is 0 Å². The molecule has 1 aromatic carbocycles. The molecule has 0 aliphatic heterocycles. The molecule has 0 atom stereocenters. The van der Waals surface area contributed by atoms with Gasteiger partial charge in [-0.1, -0.05) is 18.2 Å². The zero-order chi connectivity index (χ0) is 11.8. The topological polar surface area (TPSA) is 55.1 Å². The highest BCUT2D eigenvalue weighted by atomic mass is 32.1. The molecule has 84 valence electrons. The van der Waals surface area contributed by atoms with Crippen molar-refractivity contribution in [3.8, 4) is 10.6 Å². The summed E-state index contributed by atoms with van der Waals surface area (Å²) in [7, 11) is 0. The molecule has 0 radical (unpaired) electrons. The molecule has 0 amide bonds. The molecule has 0 aliphatic rings. The van der Waals surface area contributed by atoms with Gasteiger partial charge in [-0.25, -0.2) is 13.7 Å². The molecular weight excluding hydrogens is 236 g/mol. The molecule has 3 aromatic rings. The third-order valence-electron chi connectivity index (χ3n) is 2.59. The Bertz CT molecular complexity index is 686. The number of aromatic nitrogens is 2. The minimum atomic E-state index is -0.977. The van der Waals surface area contributed by atoms with E-state index in [1.165, 1.54) is 16.1 Å². The molecule has 0 unspecified atom stereocenters. The Morgan fingerprint density at radius 1 is 1.29 bits per heavy atom. The number of carbonyl (C=O) groups is 1. The predicted molar refractivity (Wildman–Crippen MR) is 66.5 cm³/mol. The van der Waals surface area contributed by atoms with Gasteiger partial charge in [0.1, 0.15) is 0 Å². The van der Waals surface area contributed by atoms with Gasteiger partial charge in [0.15, 0.2) is 0 Å². The maximum absolute atomic E-state index is 11.3. The van der Waals surface area contributed by atoms with Crippen molar-refractivity contribution in [1.82, 2.24) is 8.94 Å². The number of rotatable bonds is 1. The van der Waals surface area contributed by atoms with E-state index in [9.17, 15) is 9.90 Å². The fourth-order valence-corrected chi connectivity index (χ4v) is 2.49. The zero-order valence-corrected chi connectivity index (χ0v) is 9.52. The first-order valence-corrected chi connectivity index (χ1v) is 5.79. The standard InChI is InChI=1S/C12H8N2O2S/c15-12(16)14-9-4-2-1-3-8(9)7-10(14)11-5-6-13-17-11/h1-7H,(H,15,16). The summed E-state index contributed by atoms with van der Waals surface area (Å²) in [5.74, 6) is 0. The van der Waals surface area contributed by atoms with Crippen molar-refractivity contribution in [2.45, 2.75) is 0 Å². The van der Waals surface area contributed by atoms with Gasteiger partial charge >= 0.3 is 6.09 Å². The van der Waals surface area contributed by atoms with E-state index in [1.807, 2.05) is 30.3 Å². The molecular formula is C12H8N2O2S. The average Bonchev–Trinajstić information content (AvgIpc) is 2.95. The van der Waals surface area contributed by atoms with Crippen LogP contribution >= 0.6 is 11.5 Å². The largest absolute Gasteiger partial charge is 0.464 e. The molecule has 0 saturated heterocycles. The molecule has 2 heterocycles. The van der Waals surface area contributed by atoms with Crippen molar-refractivity contribution in [2.75, 3.05) is 0 Å². The Morgan fingerprint density at radius 3 is 2.82 bits per heavy atom. The minimum Gasteiger partial charge on any atom is -0.464 e. The predicted octanol–water partition coefficient (Wildman–Crippen LogP) is 3.29. The lowest BCUT2D eigenvalue weighted by atomic mass is 10.2. The highest BCUT2D eigenvalue weighted by molar-refractivity contribution is 7.09. The van der Waals surface area contributed by atoms with Gasteiger partial charge in [0.2, 0.25) is 0 Å². The van der Waals surface area contributed by atoms with Crippen LogP contribution < -0.4 is 0 Å². The third kappa shape index (κ3) is 1.52. The lowest BCUT2D eigenvalue weighted by Gasteiger charge is -2.01. The van der Waals surface area contributed by atoms with Crippen molar-refractivity contribution >= 4 is 28.5 Å². The van der Waals surface area contributed by atoms with Crippen LogP contribution in [0.25, 0.3) is 21.5 Å². The van der Waals surface area contributed by atoms with E-state index in [-0.39, 0.29) is 0 Å². The van der Waals surface area contributed by atoms with Crippen molar-refractivity contribution < 1.29 is 9.90 Å². The van der Waals surface area contributed by atoms with Crippen LogP contribution in [0.3, 0.4) is 0 Å². The lowest BCUT2D eigenvalue weighted by Crippen LogP contribution is -2.08. The molecule has 4 nitrogen and oxygen atoms in total. The summed E-state index contributed by atoms with van der Waals surface area (Å²) < 4.78 is 5.30. The summed E-state index contributed by atoms with van der Waals surface area (Å²) >= 11 is 1.29. The van der Waals surface area contributed by atoms with Crippen LogP contribution in [0.15, 0.2) is 42.6 Å². The second kappa shape index (κ2) is 3.71. The number of nitrogens with zero attached hydrogens (tertiary/aromatic N) is 2. The van der Waals surface area contributed by atoms with E-state index < -0.39 is 6.09 Å². The summed E-state index contributed by atoms with van der Waals surface area (Å²) in [5, 5.41) is 10.2. The van der Waals surface area contributed by atoms with Crippen LogP contribution in [-0.4, -0.2) is 20.1 Å². The summed E-state index contributed by atoms with van der Waals surface area (Å²) in [6, 6.07) is 11.1. The maximum atomic E-state index is 11.3. The number of para-hydroxylation sites is 1. The van der Waals surface area contributed by atoms with Crippen molar-refractivity contribution in [3.63, 3.8) is 0 Å². The number of fused-ring (bicyclic) bond motifs is 1. The summed E-state index contributed by atoms with van der Waals surface area (Å²) in [6.45, 7) is 0. The molecule has 3 rings (SSSR count). The van der Waals surface area contributed by atoms with Gasteiger partial charge in [0, 0.05) is 11.6 Å². The molecule has 0 aliphatic carbocycles. The Hall–Kier alpha value is -2.14. The molecule has 1 N–H and O–H groups in total. The summed E-state index contributed by atoms with van der Waals surface area (Å²) in [5.41, 5.74) is 1.37. The number of hydrogen-bond donors (Lipinski definition) is 1. The van der Waals surface area contributed by atoms with E-state index in [0.29, 0.717) is 11.2 Å². The smallest absolute Gasteiger partial charge is 0.416 e. The van der Waals surface area contributed by atoms with Crippen LogP contribution in [0.4, 0.5) is 4.79 Å². The second-order valence-corrected chi connectivity index (χ2v) is 4.42. The van der Waals surface area contributed by atoms with Gasteiger partial charge < -0.3 is 5.11 Å². The fraction of sp³-hybridized carbons (Fsp3) is 0. The van der Waals surface area contributed by atoms with Gasteiger partial charge in [0.25, 0.3) is 0 Å². The van der Waals surface area contributed by atoms with Crippen LogP contribution in [-0.2, 0) is 0 Å². The van der Waals surface area contributed by atoms with Gasteiger partial charge in [-0.15, -0.1) is 0 Å². The first kappa shape index (κ1) is 10.0. The first-order valence-electron chi connectivity index (χ1n) is 5.02. The molecule has 0 fully saturated rings. The molecule has 0 bridgehead atoms. The van der Waals surface area contributed by atoms with Gasteiger partial charge in [-0.2, -0.15) is 0 Å². The van der Waals surface area contributed by atoms with E-state index in [4.69, 9.17) is 0 Å². The highest BCUT2D eigenvalue weighted by Gasteiger charge is 2.15. The Balaban J connectivity index is 2.38. The van der Waals surface area contributed by atoms with E-state index in [2.05, 4.69) is 4.37 Å². The monoisotopic (exact) mass is 244 g/mol. The zero-order valence-electron chi connectivity index (χ0n) is 8.70. The van der Waals surface area contributed by atoms with Gasteiger partial charge in [0.05, 0.1) is 16.1 Å². The molecule has 0 saturated carbocycles. The maximum Gasteiger partial charge on any atom is 0.416 e. The minimum absolute atomic E-state index is 0.668. The summed E-state index contributed by atoms with van der Waals surface area (Å²) in [4.78, 5) is 12.2. The Kier molecular flexibility index (Phi) is 2.19. The van der Waals surface area contributed by atoms with E-state index in [1.54, 1.807) is 12.3 Å². The lowest BCUT2D eigenvalue weighted by molar-refractivity contribution is 0.198. The molecule has 0 spiro atoms. The number of benzene rings is 1. The van der Waals surface area contributed by atoms with Crippen molar-refractivity contribution in [3.05, 3.63) is 42.6 Å². The Morgan fingerprint density at radius 2 is 2.12 bits per heavy atom. The number of carboxylic acid groups (broad SMARTS) is 1. The third-order valence-corrected chi connectivity index (χ3v) is 3.36. The van der Waals surface area contributed by atoms with Crippen LogP contribution in [0.1, 0.15) is 0 Å². The van der Waals surface area contributed by atoms with Crippen molar-refractivity contribution in [1.29, 1.82) is 0 Å². The quantitative estimate of drug-likeness (QED) is 0.714. The second-order valence-electron chi connectivity index (χ2n) is 3.58. The van der Waals surface area contributed by atoms with Crippen LogP contribution in [0, 0.1) is 0 Å².